The summed E-state index contributed by atoms with van der Waals surface area (Å²) in [5, 5.41) is 4.98. The lowest BCUT2D eigenvalue weighted by Gasteiger charge is -2.12. The van der Waals surface area contributed by atoms with E-state index in [-0.39, 0.29) is 11.3 Å². The summed E-state index contributed by atoms with van der Waals surface area (Å²) in [6.07, 6.45) is 1.48. The van der Waals surface area contributed by atoms with Crippen LogP contribution in [0, 0.1) is 6.92 Å². The Kier molecular flexibility index (Phi) is 7.72. The van der Waals surface area contributed by atoms with Gasteiger partial charge in [0.05, 0.1) is 34.3 Å². The molecule has 0 saturated carbocycles. The van der Waals surface area contributed by atoms with E-state index in [4.69, 9.17) is 14.5 Å². The third kappa shape index (κ3) is 5.69. The maximum absolute atomic E-state index is 13.6. The Bertz CT molecular complexity index is 1800. The SMILES string of the molecule is COc1ccc(C(=O)Oc2c(Br)cc(Br)cc2C=Nn2c(-c3cccc(C)c3)nc3ccccc3c2=O)cc1. The standard InChI is InChI=1S/C30H21Br2N3O4/c1-18-6-5-7-20(14-18)28-34-26-9-4-3-8-24(26)29(36)35(28)33-17-21-15-22(31)16-25(32)27(21)39-30(37)19-10-12-23(38-2)13-11-19/h3-17H,1-2H3. The van der Waals surface area contributed by atoms with Crippen LogP contribution in [-0.4, -0.2) is 29.0 Å². The first-order chi connectivity index (χ1) is 18.8. The van der Waals surface area contributed by atoms with Crippen molar-refractivity contribution in [1.82, 2.24) is 9.66 Å². The van der Waals surface area contributed by atoms with Crippen molar-refractivity contribution in [3.63, 3.8) is 0 Å². The van der Waals surface area contributed by atoms with Gasteiger partial charge in [-0.2, -0.15) is 9.78 Å². The molecule has 0 N–H and O–H groups in total. The Morgan fingerprint density at radius 3 is 2.49 bits per heavy atom. The number of hydrogen-bond acceptors (Lipinski definition) is 6. The van der Waals surface area contributed by atoms with Gasteiger partial charge in [-0.3, -0.25) is 4.79 Å². The van der Waals surface area contributed by atoms with Gasteiger partial charge < -0.3 is 9.47 Å². The van der Waals surface area contributed by atoms with Crippen LogP contribution in [0.25, 0.3) is 22.3 Å². The number of halogens is 2. The van der Waals surface area contributed by atoms with Crippen LogP contribution in [0.15, 0.2) is 104 Å². The summed E-state index contributed by atoms with van der Waals surface area (Å²) < 4.78 is 13.5. The highest BCUT2D eigenvalue weighted by molar-refractivity contribution is 9.11. The summed E-state index contributed by atoms with van der Waals surface area (Å²) >= 11 is 6.96. The molecule has 1 heterocycles. The lowest BCUT2D eigenvalue weighted by atomic mass is 10.1. The van der Waals surface area contributed by atoms with Crippen LogP contribution in [0.5, 0.6) is 11.5 Å². The predicted molar refractivity (Wildman–Crippen MR) is 159 cm³/mol. The van der Waals surface area contributed by atoms with Crippen molar-refractivity contribution in [3.05, 3.63) is 121 Å². The number of rotatable bonds is 6. The highest BCUT2D eigenvalue weighted by atomic mass is 79.9. The molecular weight excluding hydrogens is 626 g/mol. The molecule has 194 valence electrons. The molecule has 0 bridgehead atoms. The Morgan fingerprint density at radius 2 is 1.74 bits per heavy atom. The van der Waals surface area contributed by atoms with Crippen molar-refractivity contribution in [1.29, 1.82) is 0 Å². The number of nitrogens with zero attached hydrogens (tertiary/aromatic N) is 3. The minimum Gasteiger partial charge on any atom is -0.497 e. The average molecular weight is 647 g/mol. The second-order valence-corrected chi connectivity index (χ2v) is 10.4. The molecule has 0 unspecified atom stereocenters. The zero-order chi connectivity index (χ0) is 27.5. The maximum atomic E-state index is 13.6. The number of fused-ring (bicyclic) bond motifs is 1. The van der Waals surface area contributed by atoms with Crippen LogP contribution < -0.4 is 15.0 Å². The minimum atomic E-state index is -0.555. The van der Waals surface area contributed by atoms with E-state index in [1.165, 1.54) is 10.9 Å². The lowest BCUT2D eigenvalue weighted by molar-refractivity contribution is 0.0733. The molecular formula is C30H21Br2N3O4. The highest BCUT2D eigenvalue weighted by Gasteiger charge is 2.17. The number of para-hydroxylation sites is 1. The van der Waals surface area contributed by atoms with Crippen molar-refractivity contribution < 1.29 is 14.3 Å². The van der Waals surface area contributed by atoms with E-state index in [1.54, 1.807) is 61.7 Å². The van der Waals surface area contributed by atoms with E-state index in [2.05, 4.69) is 37.0 Å². The van der Waals surface area contributed by atoms with Gasteiger partial charge in [0.25, 0.3) is 5.56 Å². The lowest BCUT2D eigenvalue weighted by Crippen LogP contribution is -2.20. The van der Waals surface area contributed by atoms with Crippen LogP contribution in [0.2, 0.25) is 0 Å². The van der Waals surface area contributed by atoms with Gasteiger partial charge in [-0.05, 0) is 77.5 Å². The zero-order valence-electron chi connectivity index (χ0n) is 20.9. The van der Waals surface area contributed by atoms with Gasteiger partial charge >= 0.3 is 5.97 Å². The number of ether oxygens (including phenoxy) is 2. The first-order valence-electron chi connectivity index (χ1n) is 11.8. The van der Waals surface area contributed by atoms with Crippen LogP contribution in [0.1, 0.15) is 21.5 Å². The number of carbonyl (C=O) groups excluding carboxylic acids is 1. The Labute approximate surface area is 241 Å². The summed E-state index contributed by atoms with van der Waals surface area (Å²) in [4.78, 5) is 31.3. The fourth-order valence-corrected chi connectivity index (χ4v) is 5.32. The van der Waals surface area contributed by atoms with Gasteiger partial charge in [0.15, 0.2) is 11.6 Å². The number of hydrogen-bond donors (Lipinski definition) is 0. The number of carbonyl (C=O) groups is 1. The van der Waals surface area contributed by atoms with E-state index >= 15 is 0 Å². The summed E-state index contributed by atoms with van der Waals surface area (Å²) in [7, 11) is 1.55. The third-order valence-electron chi connectivity index (χ3n) is 5.90. The number of aromatic nitrogens is 2. The number of esters is 1. The topological polar surface area (TPSA) is 82.8 Å². The number of aryl methyl sites for hydroxylation is 1. The Balaban J connectivity index is 1.60. The molecule has 0 atom stereocenters. The zero-order valence-corrected chi connectivity index (χ0v) is 24.1. The molecule has 0 aliphatic carbocycles. The van der Waals surface area contributed by atoms with E-state index in [0.29, 0.717) is 38.1 Å². The van der Waals surface area contributed by atoms with E-state index < -0.39 is 5.97 Å². The molecule has 0 radical (unpaired) electrons. The van der Waals surface area contributed by atoms with Gasteiger partial charge in [0.2, 0.25) is 0 Å². The largest absolute Gasteiger partial charge is 0.497 e. The monoisotopic (exact) mass is 645 g/mol. The molecule has 1 aromatic heterocycles. The van der Waals surface area contributed by atoms with Crippen LogP contribution >= 0.6 is 31.9 Å². The Hall–Kier alpha value is -4.08. The van der Waals surface area contributed by atoms with Gasteiger partial charge in [-0.15, -0.1) is 0 Å². The first kappa shape index (κ1) is 26.5. The van der Waals surface area contributed by atoms with Gasteiger partial charge in [0.1, 0.15) is 5.75 Å². The van der Waals surface area contributed by atoms with Crippen molar-refractivity contribution in [2.24, 2.45) is 5.10 Å². The maximum Gasteiger partial charge on any atom is 0.343 e. The molecule has 9 heteroatoms. The number of benzene rings is 4. The normalized spacial score (nSPS) is 11.2. The van der Waals surface area contributed by atoms with E-state index in [0.717, 1.165) is 15.6 Å². The Morgan fingerprint density at radius 1 is 0.974 bits per heavy atom. The molecule has 7 nitrogen and oxygen atoms in total. The van der Waals surface area contributed by atoms with Crippen LogP contribution in [-0.2, 0) is 0 Å². The molecule has 4 aromatic carbocycles. The molecule has 5 aromatic rings. The second kappa shape index (κ2) is 11.3. The first-order valence-corrected chi connectivity index (χ1v) is 13.4. The highest BCUT2D eigenvalue weighted by Crippen LogP contribution is 2.33. The minimum absolute atomic E-state index is 0.252. The van der Waals surface area contributed by atoms with Gasteiger partial charge in [-0.25, -0.2) is 9.78 Å². The quantitative estimate of drug-likeness (QED) is 0.113. The summed E-state index contributed by atoms with van der Waals surface area (Å²) in [6.45, 7) is 1.97. The van der Waals surface area contributed by atoms with Crippen molar-refractivity contribution >= 4 is 54.9 Å². The third-order valence-corrected chi connectivity index (χ3v) is 6.95. The van der Waals surface area contributed by atoms with Gasteiger partial charge in [0, 0.05) is 15.6 Å². The smallest absolute Gasteiger partial charge is 0.343 e. The molecule has 5 rings (SSSR count). The van der Waals surface area contributed by atoms with Crippen LogP contribution in [0.3, 0.4) is 0 Å². The number of methoxy groups -OCH3 is 1. The molecule has 0 spiro atoms. The molecule has 0 aliphatic rings. The fourth-order valence-electron chi connectivity index (χ4n) is 3.98. The second-order valence-electron chi connectivity index (χ2n) is 8.61. The summed E-state index contributed by atoms with van der Waals surface area (Å²) in [5.41, 5.74) is 2.84. The van der Waals surface area contributed by atoms with Gasteiger partial charge in [-0.1, -0.05) is 51.8 Å². The molecule has 0 amide bonds. The van der Waals surface area contributed by atoms with E-state index in [1.807, 2.05) is 37.3 Å². The average Bonchev–Trinajstić information content (AvgIpc) is 2.94. The van der Waals surface area contributed by atoms with Crippen molar-refractivity contribution in [2.75, 3.05) is 7.11 Å². The predicted octanol–water partition coefficient (Wildman–Crippen LogP) is 7.01. The molecule has 39 heavy (non-hydrogen) atoms. The molecule has 0 fully saturated rings. The molecule has 0 aliphatic heterocycles. The van der Waals surface area contributed by atoms with Crippen LogP contribution in [0.4, 0.5) is 0 Å². The fraction of sp³-hybridized carbons (Fsp3) is 0.0667. The summed E-state index contributed by atoms with van der Waals surface area (Å²) in [6, 6.07) is 25.0. The van der Waals surface area contributed by atoms with Crippen molar-refractivity contribution in [2.45, 2.75) is 6.92 Å². The molecule has 0 saturated heterocycles. The van der Waals surface area contributed by atoms with E-state index in [9.17, 15) is 9.59 Å². The summed E-state index contributed by atoms with van der Waals surface area (Å²) in [5.74, 6) is 0.717. The van der Waals surface area contributed by atoms with Crippen molar-refractivity contribution in [3.8, 4) is 22.9 Å².